The number of sulfone groups is 1. The van der Waals surface area contributed by atoms with E-state index in [2.05, 4.69) is 0 Å². The van der Waals surface area contributed by atoms with E-state index in [4.69, 9.17) is 9.84 Å². The zero-order valence-corrected chi connectivity index (χ0v) is 12.7. The highest BCUT2D eigenvalue weighted by Crippen LogP contribution is 2.17. The van der Waals surface area contributed by atoms with Gasteiger partial charge in [-0.2, -0.15) is 0 Å². The van der Waals surface area contributed by atoms with Gasteiger partial charge in [0.2, 0.25) is 0 Å². The molecule has 1 saturated heterocycles. The van der Waals surface area contributed by atoms with Crippen molar-refractivity contribution in [3.05, 3.63) is 29.3 Å². The summed E-state index contributed by atoms with van der Waals surface area (Å²) in [6.07, 6.45) is 0. The molecule has 2 rings (SSSR count). The van der Waals surface area contributed by atoms with Gasteiger partial charge in [-0.25, -0.2) is 13.2 Å². The van der Waals surface area contributed by atoms with E-state index in [-0.39, 0.29) is 16.2 Å². The third-order valence-electron chi connectivity index (χ3n) is 3.58. The normalized spacial score (nSPS) is 16.8. The molecule has 0 radical (unpaired) electrons. The van der Waals surface area contributed by atoms with Gasteiger partial charge in [0.05, 0.1) is 29.4 Å². The van der Waals surface area contributed by atoms with Gasteiger partial charge in [0.1, 0.15) is 0 Å². The fraction of sp³-hybridized carbons (Fsp3) is 0.500. The number of carbonyl (C=O) groups is 1. The van der Waals surface area contributed by atoms with Gasteiger partial charge in [0.25, 0.3) is 0 Å². The Kier molecular flexibility index (Phi) is 4.97. The lowest BCUT2D eigenvalue weighted by Crippen LogP contribution is -2.39. The SMILES string of the molecule is Cc1ccc(S(=O)(=O)CCN2CCOCC2)cc1C(=O)O. The number of hydrogen-bond donors (Lipinski definition) is 1. The monoisotopic (exact) mass is 313 g/mol. The van der Waals surface area contributed by atoms with Crippen LogP contribution in [0.15, 0.2) is 23.1 Å². The number of carboxylic acids is 1. The first-order chi connectivity index (χ1) is 9.90. The third kappa shape index (κ3) is 4.03. The molecule has 1 heterocycles. The molecule has 0 atom stereocenters. The van der Waals surface area contributed by atoms with Crippen molar-refractivity contribution in [2.75, 3.05) is 38.6 Å². The van der Waals surface area contributed by atoms with Gasteiger partial charge in [0, 0.05) is 19.6 Å². The average Bonchev–Trinajstić information content (AvgIpc) is 2.46. The van der Waals surface area contributed by atoms with Crippen LogP contribution in [0.4, 0.5) is 0 Å². The molecule has 1 N–H and O–H groups in total. The molecule has 0 aromatic heterocycles. The number of aromatic carboxylic acids is 1. The Balaban J connectivity index is 2.11. The van der Waals surface area contributed by atoms with Crippen LogP contribution in [0.2, 0.25) is 0 Å². The average molecular weight is 313 g/mol. The minimum Gasteiger partial charge on any atom is -0.478 e. The van der Waals surface area contributed by atoms with E-state index in [1.807, 2.05) is 4.90 Å². The van der Waals surface area contributed by atoms with Crippen LogP contribution in [0.5, 0.6) is 0 Å². The third-order valence-corrected chi connectivity index (χ3v) is 5.27. The van der Waals surface area contributed by atoms with Crippen LogP contribution < -0.4 is 0 Å². The molecular formula is C14H19NO5S. The fourth-order valence-electron chi connectivity index (χ4n) is 2.22. The Morgan fingerprint density at radius 1 is 1.33 bits per heavy atom. The summed E-state index contributed by atoms with van der Waals surface area (Å²) in [5.41, 5.74) is 0.581. The summed E-state index contributed by atoms with van der Waals surface area (Å²) in [7, 11) is -3.48. The summed E-state index contributed by atoms with van der Waals surface area (Å²) in [6.45, 7) is 4.77. The topological polar surface area (TPSA) is 83.9 Å². The van der Waals surface area contributed by atoms with Gasteiger partial charge in [-0.15, -0.1) is 0 Å². The van der Waals surface area contributed by atoms with Crippen molar-refractivity contribution < 1.29 is 23.1 Å². The Hall–Kier alpha value is -1.44. The zero-order valence-electron chi connectivity index (χ0n) is 11.9. The van der Waals surface area contributed by atoms with Crippen LogP contribution in [0.3, 0.4) is 0 Å². The lowest BCUT2D eigenvalue weighted by Gasteiger charge is -2.26. The van der Waals surface area contributed by atoms with E-state index in [1.54, 1.807) is 6.92 Å². The molecule has 116 valence electrons. The molecule has 1 aliphatic rings. The molecule has 1 fully saturated rings. The molecule has 0 unspecified atom stereocenters. The summed E-state index contributed by atoms with van der Waals surface area (Å²) in [4.78, 5) is 13.2. The highest BCUT2D eigenvalue weighted by Gasteiger charge is 2.20. The number of morpholine rings is 1. The maximum atomic E-state index is 12.3. The minimum atomic E-state index is -3.48. The number of carboxylic acid groups (broad SMARTS) is 1. The smallest absolute Gasteiger partial charge is 0.335 e. The first-order valence-electron chi connectivity index (χ1n) is 6.77. The summed E-state index contributed by atoms with van der Waals surface area (Å²) in [5.74, 6) is -1.13. The summed E-state index contributed by atoms with van der Waals surface area (Å²) in [6, 6.07) is 4.24. The molecule has 0 spiro atoms. The van der Waals surface area contributed by atoms with Crippen molar-refractivity contribution in [3.63, 3.8) is 0 Å². The molecule has 1 aliphatic heterocycles. The Morgan fingerprint density at radius 3 is 2.62 bits per heavy atom. The van der Waals surface area contributed by atoms with Crippen LogP contribution in [0, 0.1) is 6.92 Å². The molecule has 0 saturated carbocycles. The van der Waals surface area contributed by atoms with E-state index in [0.717, 1.165) is 13.1 Å². The first-order valence-corrected chi connectivity index (χ1v) is 8.42. The Labute approximate surface area is 124 Å². The van der Waals surface area contributed by atoms with Gasteiger partial charge >= 0.3 is 5.97 Å². The standard InChI is InChI=1S/C14H19NO5S/c1-11-2-3-12(10-13(11)14(16)17)21(18,19)9-6-15-4-7-20-8-5-15/h2-3,10H,4-9H2,1H3,(H,16,17). The van der Waals surface area contributed by atoms with Gasteiger partial charge in [-0.1, -0.05) is 6.07 Å². The maximum Gasteiger partial charge on any atom is 0.335 e. The molecule has 7 heteroatoms. The molecule has 0 bridgehead atoms. The lowest BCUT2D eigenvalue weighted by molar-refractivity contribution is 0.0408. The van der Waals surface area contributed by atoms with Crippen molar-refractivity contribution in [1.29, 1.82) is 0 Å². The number of rotatable bonds is 5. The second kappa shape index (κ2) is 6.55. The minimum absolute atomic E-state index is 0.0187. The van der Waals surface area contributed by atoms with Gasteiger partial charge in [-0.3, -0.25) is 4.90 Å². The van der Waals surface area contributed by atoms with Crippen LogP contribution in [-0.2, 0) is 14.6 Å². The van der Waals surface area contributed by atoms with E-state index in [1.165, 1.54) is 18.2 Å². The molecule has 1 aromatic carbocycles. The Bertz CT molecular complexity index is 620. The van der Waals surface area contributed by atoms with Crippen LogP contribution in [-0.4, -0.2) is 63.0 Å². The highest BCUT2D eigenvalue weighted by molar-refractivity contribution is 7.91. The highest BCUT2D eigenvalue weighted by atomic mass is 32.2. The van der Waals surface area contributed by atoms with Gasteiger partial charge in [-0.05, 0) is 24.6 Å². The second-order valence-corrected chi connectivity index (χ2v) is 7.16. The van der Waals surface area contributed by atoms with Gasteiger partial charge in [0.15, 0.2) is 9.84 Å². The lowest BCUT2D eigenvalue weighted by atomic mass is 10.1. The predicted octanol–water partition coefficient (Wildman–Crippen LogP) is 0.799. The zero-order chi connectivity index (χ0) is 15.5. The molecule has 21 heavy (non-hydrogen) atoms. The summed E-state index contributed by atoms with van der Waals surface area (Å²) in [5, 5.41) is 9.07. The van der Waals surface area contributed by atoms with Crippen molar-refractivity contribution in [1.82, 2.24) is 4.90 Å². The predicted molar refractivity (Wildman–Crippen MR) is 77.5 cm³/mol. The van der Waals surface area contributed by atoms with E-state index in [0.29, 0.717) is 25.3 Å². The summed E-state index contributed by atoms with van der Waals surface area (Å²) >= 11 is 0. The summed E-state index contributed by atoms with van der Waals surface area (Å²) < 4.78 is 29.8. The molecule has 0 aliphatic carbocycles. The second-order valence-electron chi connectivity index (χ2n) is 5.05. The quantitative estimate of drug-likeness (QED) is 0.865. The van der Waals surface area contributed by atoms with E-state index in [9.17, 15) is 13.2 Å². The number of hydrogen-bond acceptors (Lipinski definition) is 5. The van der Waals surface area contributed by atoms with Crippen LogP contribution >= 0.6 is 0 Å². The number of ether oxygens (including phenoxy) is 1. The molecule has 1 aromatic rings. The molecule has 6 nitrogen and oxygen atoms in total. The van der Waals surface area contributed by atoms with Crippen molar-refractivity contribution in [2.45, 2.75) is 11.8 Å². The fourth-order valence-corrected chi connectivity index (χ4v) is 3.52. The first kappa shape index (κ1) is 15.9. The van der Waals surface area contributed by atoms with Gasteiger partial charge < -0.3 is 9.84 Å². The van der Waals surface area contributed by atoms with E-state index < -0.39 is 15.8 Å². The number of nitrogens with zero attached hydrogens (tertiary/aromatic N) is 1. The molecule has 0 amide bonds. The van der Waals surface area contributed by atoms with E-state index >= 15 is 0 Å². The van der Waals surface area contributed by atoms with Crippen molar-refractivity contribution in [3.8, 4) is 0 Å². The largest absolute Gasteiger partial charge is 0.478 e. The molecular weight excluding hydrogens is 294 g/mol. The van der Waals surface area contributed by atoms with Crippen molar-refractivity contribution >= 4 is 15.8 Å². The maximum absolute atomic E-state index is 12.3. The number of aryl methyl sites for hydroxylation is 1. The van der Waals surface area contributed by atoms with Crippen molar-refractivity contribution in [2.24, 2.45) is 0 Å². The van der Waals surface area contributed by atoms with Crippen LogP contribution in [0.25, 0.3) is 0 Å². The Morgan fingerprint density at radius 2 is 2.00 bits per heavy atom. The van der Waals surface area contributed by atoms with Crippen LogP contribution in [0.1, 0.15) is 15.9 Å². The number of benzene rings is 1.